The summed E-state index contributed by atoms with van der Waals surface area (Å²) in [5, 5.41) is 11.4. The first-order chi connectivity index (χ1) is 9.85. The summed E-state index contributed by atoms with van der Waals surface area (Å²) >= 11 is 0. The molecule has 0 radical (unpaired) electrons. The Bertz CT molecular complexity index is 619. The van der Waals surface area contributed by atoms with Crippen molar-refractivity contribution in [3.05, 3.63) is 18.2 Å². The van der Waals surface area contributed by atoms with Gasteiger partial charge in [-0.1, -0.05) is 0 Å². The number of ether oxygens (including phenoxy) is 2. The molecule has 2 N–H and O–H groups in total. The molecule has 1 amide bonds. The Morgan fingerprint density at radius 1 is 1.19 bits per heavy atom. The number of rotatable bonds is 3. The van der Waals surface area contributed by atoms with E-state index in [9.17, 15) is 18.4 Å². The van der Waals surface area contributed by atoms with Gasteiger partial charge in [0.05, 0.1) is 11.8 Å². The van der Waals surface area contributed by atoms with Gasteiger partial charge < -0.3 is 19.9 Å². The third-order valence-corrected chi connectivity index (χ3v) is 3.60. The fraction of sp³-hybridized carbons (Fsp3) is 0.385. The van der Waals surface area contributed by atoms with E-state index in [0.29, 0.717) is 12.8 Å². The van der Waals surface area contributed by atoms with Crippen LogP contribution in [0.15, 0.2) is 18.2 Å². The Hall–Kier alpha value is -2.38. The molecule has 112 valence electrons. The van der Waals surface area contributed by atoms with Crippen LogP contribution in [0.5, 0.6) is 11.5 Å². The van der Waals surface area contributed by atoms with E-state index in [0.717, 1.165) is 0 Å². The molecule has 0 spiro atoms. The smallest absolute Gasteiger partial charge is 0.481 e. The van der Waals surface area contributed by atoms with E-state index in [1.165, 1.54) is 18.2 Å². The number of halogens is 2. The average molecular weight is 299 g/mol. The third-order valence-electron chi connectivity index (χ3n) is 3.60. The number of nitrogens with one attached hydrogen (secondary N) is 1. The number of benzene rings is 1. The van der Waals surface area contributed by atoms with E-state index >= 15 is 0 Å². The maximum atomic E-state index is 12.9. The Kier molecular flexibility index (Phi) is 2.96. The second-order valence-corrected chi connectivity index (χ2v) is 4.95. The van der Waals surface area contributed by atoms with Crippen LogP contribution in [-0.4, -0.2) is 23.3 Å². The zero-order valence-electron chi connectivity index (χ0n) is 10.6. The van der Waals surface area contributed by atoms with Gasteiger partial charge in [-0.15, -0.1) is 8.78 Å². The number of carbonyl (C=O) groups is 2. The molecular formula is C13H11F2NO5. The number of aliphatic carboxylic acids is 1. The Morgan fingerprint density at radius 2 is 1.86 bits per heavy atom. The number of hydrogen-bond donors (Lipinski definition) is 2. The quantitative estimate of drug-likeness (QED) is 0.892. The number of carboxylic acids is 1. The van der Waals surface area contributed by atoms with Crippen LogP contribution >= 0.6 is 0 Å². The number of amides is 1. The fourth-order valence-electron chi connectivity index (χ4n) is 2.37. The van der Waals surface area contributed by atoms with Crippen molar-refractivity contribution in [3.8, 4) is 11.5 Å². The van der Waals surface area contributed by atoms with Crippen LogP contribution in [0.4, 0.5) is 14.5 Å². The number of carboxylic acid groups (broad SMARTS) is 1. The van der Waals surface area contributed by atoms with E-state index < -0.39 is 30.0 Å². The summed E-state index contributed by atoms with van der Waals surface area (Å²) in [6, 6.07) is 3.85. The minimum Gasteiger partial charge on any atom is -0.481 e. The van der Waals surface area contributed by atoms with Crippen LogP contribution in [0.2, 0.25) is 0 Å². The summed E-state index contributed by atoms with van der Waals surface area (Å²) in [6.07, 6.45) is -2.76. The molecule has 1 aromatic carbocycles. The lowest BCUT2D eigenvalue weighted by Gasteiger charge is -2.31. The number of hydrogen-bond acceptors (Lipinski definition) is 4. The standard InChI is InChI=1S/C13H11F2NO5/c14-13(15)20-9-4-1-6(5-10(9)21-13)16-11(17)7-2-3-8(7)12(18)19/h1,4-5,7-8H,2-3H2,(H,16,17)(H,18,19). The maximum absolute atomic E-state index is 12.9. The van der Waals surface area contributed by atoms with Gasteiger partial charge in [0.2, 0.25) is 5.91 Å². The van der Waals surface area contributed by atoms with E-state index in [1.54, 1.807) is 0 Å². The van der Waals surface area contributed by atoms with Crippen LogP contribution in [-0.2, 0) is 9.59 Å². The highest BCUT2D eigenvalue weighted by atomic mass is 19.3. The first kappa shape index (κ1) is 13.6. The first-order valence-electron chi connectivity index (χ1n) is 6.29. The van der Waals surface area contributed by atoms with Crippen molar-refractivity contribution in [1.82, 2.24) is 0 Å². The topological polar surface area (TPSA) is 84.9 Å². The molecule has 0 bridgehead atoms. The molecule has 1 fully saturated rings. The van der Waals surface area contributed by atoms with Gasteiger partial charge in [-0.3, -0.25) is 9.59 Å². The zero-order chi connectivity index (χ0) is 15.2. The van der Waals surface area contributed by atoms with Gasteiger partial charge in [0, 0.05) is 11.8 Å². The molecule has 2 atom stereocenters. The van der Waals surface area contributed by atoms with Gasteiger partial charge in [-0.25, -0.2) is 0 Å². The molecule has 1 aliphatic carbocycles. The van der Waals surface area contributed by atoms with Crippen LogP contribution in [0.25, 0.3) is 0 Å². The Balaban J connectivity index is 1.70. The van der Waals surface area contributed by atoms with E-state index in [2.05, 4.69) is 14.8 Å². The monoisotopic (exact) mass is 299 g/mol. The molecule has 1 aliphatic heterocycles. The normalized spacial score (nSPS) is 25.0. The molecule has 2 aliphatic rings. The Morgan fingerprint density at radius 3 is 2.48 bits per heavy atom. The van der Waals surface area contributed by atoms with Crippen molar-refractivity contribution in [2.45, 2.75) is 19.1 Å². The Labute approximate surface area is 117 Å². The van der Waals surface area contributed by atoms with Crippen molar-refractivity contribution >= 4 is 17.6 Å². The molecule has 2 unspecified atom stereocenters. The minimum absolute atomic E-state index is 0.120. The molecule has 1 saturated carbocycles. The van der Waals surface area contributed by atoms with Gasteiger partial charge in [0.1, 0.15) is 0 Å². The number of fused-ring (bicyclic) bond motifs is 1. The summed E-state index contributed by atoms with van der Waals surface area (Å²) in [5.41, 5.74) is 0.246. The molecule has 0 aromatic heterocycles. The van der Waals surface area contributed by atoms with Gasteiger partial charge >= 0.3 is 12.3 Å². The lowest BCUT2D eigenvalue weighted by molar-refractivity contribution is -0.286. The third kappa shape index (κ3) is 2.48. The molecule has 0 saturated heterocycles. The number of carbonyl (C=O) groups excluding carboxylic acids is 1. The van der Waals surface area contributed by atoms with Crippen molar-refractivity contribution in [2.75, 3.05) is 5.32 Å². The van der Waals surface area contributed by atoms with E-state index in [-0.39, 0.29) is 17.2 Å². The fourth-order valence-corrected chi connectivity index (χ4v) is 2.37. The van der Waals surface area contributed by atoms with Crippen molar-refractivity contribution in [3.63, 3.8) is 0 Å². The minimum atomic E-state index is -3.71. The zero-order valence-corrected chi connectivity index (χ0v) is 10.6. The summed E-state index contributed by atoms with van der Waals surface area (Å²) in [5.74, 6) is -3.05. The highest BCUT2D eigenvalue weighted by molar-refractivity contribution is 5.96. The average Bonchev–Trinajstić information content (AvgIpc) is 2.59. The molecule has 1 aromatic rings. The summed E-state index contributed by atoms with van der Waals surface area (Å²) < 4.78 is 34.2. The molecular weight excluding hydrogens is 288 g/mol. The first-order valence-corrected chi connectivity index (χ1v) is 6.29. The van der Waals surface area contributed by atoms with Gasteiger partial charge in [0.15, 0.2) is 11.5 Å². The van der Waals surface area contributed by atoms with Crippen LogP contribution in [0.3, 0.4) is 0 Å². The second kappa shape index (κ2) is 4.57. The van der Waals surface area contributed by atoms with Crippen molar-refractivity contribution in [1.29, 1.82) is 0 Å². The van der Waals surface area contributed by atoms with Gasteiger partial charge in [-0.2, -0.15) is 0 Å². The SMILES string of the molecule is O=C(O)C1CCC1C(=O)Nc1ccc2c(c1)OC(F)(F)O2. The predicted octanol–water partition coefficient (Wildman–Crippen LogP) is 2.06. The maximum Gasteiger partial charge on any atom is 0.586 e. The van der Waals surface area contributed by atoms with Crippen molar-refractivity contribution in [2.24, 2.45) is 11.8 Å². The van der Waals surface area contributed by atoms with Crippen LogP contribution in [0.1, 0.15) is 12.8 Å². The van der Waals surface area contributed by atoms with Gasteiger partial charge in [-0.05, 0) is 25.0 Å². The lowest BCUT2D eigenvalue weighted by atomic mass is 9.73. The van der Waals surface area contributed by atoms with Gasteiger partial charge in [0.25, 0.3) is 0 Å². The molecule has 6 nitrogen and oxygen atoms in total. The largest absolute Gasteiger partial charge is 0.586 e. The summed E-state index contributed by atoms with van der Waals surface area (Å²) in [6.45, 7) is 0. The van der Waals surface area contributed by atoms with E-state index in [4.69, 9.17) is 5.11 Å². The van der Waals surface area contributed by atoms with Crippen molar-refractivity contribution < 1.29 is 33.0 Å². The number of alkyl halides is 2. The summed E-state index contributed by atoms with van der Waals surface area (Å²) in [7, 11) is 0. The molecule has 3 rings (SSSR count). The van der Waals surface area contributed by atoms with Crippen LogP contribution in [0, 0.1) is 11.8 Å². The van der Waals surface area contributed by atoms with E-state index in [1.807, 2.05) is 0 Å². The lowest BCUT2D eigenvalue weighted by Crippen LogP contribution is -2.41. The predicted molar refractivity (Wildman–Crippen MR) is 65.1 cm³/mol. The highest BCUT2D eigenvalue weighted by Gasteiger charge is 2.44. The molecule has 1 heterocycles. The number of anilines is 1. The summed E-state index contributed by atoms with van der Waals surface area (Å²) in [4.78, 5) is 22.8. The highest BCUT2D eigenvalue weighted by Crippen LogP contribution is 2.42. The molecule has 21 heavy (non-hydrogen) atoms. The molecule has 8 heteroatoms. The van der Waals surface area contributed by atoms with Crippen LogP contribution < -0.4 is 14.8 Å². The second-order valence-electron chi connectivity index (χ2n) is 4.95.